The van der Waals surface area contributed by atoms with Gasteiger partial charge in [0.25, 0.3) is 0 Å². The van der Waals surface area contributed by atoms with Crippen molar-refractivity contribution in [3.63, 3.8) is 0 Å². The summed E-state index contributed by atoms with van der Waals surface area (Å²) in [6.07, 6.45) is 0. The lowest BCUT2D eigenvalue weighted by Gasteiger charge is -1.99. The molecule has 0 atom stereocenters. The van der Waals surface area contributed by atoms with Gasteiger partial charge in [-0.25, -0.2) is 4.98 Å². The van der Waals surface area contributed by atoms with Gasteiger partial charge in [-0.3, -0.25) is 0 Å². The summed E-state index contributed by atoms with van der Waals surface area (Å²) in [4.78, 5) is 5.89. The molecule has 2 N–H and O–H groups in total. The van der Waals surface area contributed by atoms with Crippen molar-refractivity contribution < 1.29 is 0 Å². The molecule has 96 valence electrons. The zero-order chi connectivity index (χ0) is 13.2. The Balaban J connectivity index is 1.91. The molecule has 1 aromatic carbocycles. The smallest absolute Gasteiger partial charge is 0.134 e. The van der Waals surface area contributed by atoms with Crippen LogP contribution in [0.3, 0.4) is 0 Å². The number of rotatable bonds is 3. The summed E-state index contributed by atoms with van der Waals surface area (Å²) in [6.45, 7) is 0.575. The highest BCUT2D eigenvalue weighted by molar-refractivity contribution is 9.10. The first-order valence-corrected chi connectivity index (χ1v) is 8.31. The summed E-state index contributed by atoms with van der Waals surface area (Å²) in [5, 5.41) is 5.24. The predicted octanol–water partition coefficient (Wildman–Crippen LogP) is 4.76. The van der Waals surface area contributed by atoms with E-state index in [9.17, 15) is 0 Å². The highest BCUT2D eigenvalue weighted by Gasteiger charge is 2.08. The molecule has 2 heterocycles. The molecule has 0 radical (unpaired) electrons. The Morgan fingerprint density at radius 3 is 2.53 bits per heavy atom. The van der Waals surface area contributed by atoms with E-state index in [0.717, 1.165) is 26.3 Å². The molecule has 0 aliphatic rings. The van der Waals surface area contributed by atoms with Gasteiger partial charge in [0, 0.05) is 27.3 Å². The predicted molar refractivity (Wildman–Crippen MR) is 86.5 cm³/mol. The van der Waals surface area contributed by atoms with Gasteiger partial charge in [-0.05, 0) is 27.6 Å². The van der Waals surface area contributed by atoms with Crippen LogP contribution in [0, 0.1) is 0 Å². The summed E-state index contributed by atoms with van der Waals surface area (Å²) in [7, 11) is 0. The third-order valence-corrected chi connectivity index (χ3v) is 5.47. The summed E-state index contributed by atoms with van der Waals surface area (Å²) in [5.74, 6) is 0. The van der Waals surface area contributed by atoms with Gasteiger partial charge in [0.1, 0.15) is 5.01 Å². The van der Waals surface area contributed by atoms with Gasteiger partial charge < -0.3 is 5.73 Å². The fourth-order valence-electron chi connectivity index (χ4n) is 1.76. The van der Waals surface area contributed by atoms with Crippen molar-refractivity contribution in [3.8, 4) is 21.1 Å². The van der Waals surface area contributed by atoms with Crippen LogP contribution < -0.4 is 5.73 Å². The van der Waals surface area contributed by atoms with Gasteiger partial charge in [0.05, 0.1) is 10.6 Å². The lowest BCUT2D eigenvalue weighted by atomic mass is 10.1. The van der Waals surface area contributed by atoms with E-state index in [0.29, 0.717) is 6.54 Å². The minimum absolute atomic E-state index is 0.575. The van der Waals surface area contributed by atoms with Gasteiger partial charge in [0.15, 0.2) is 0 Å². The molecule has 0 aliphatic carbocycles. The van der Waals surface area contributed by atoms with Crippen LogP contribution in [0.4, 0.5) is 0 Å². The molecule has 0 fully saturated rings. The Bertz CT molecular complexity index is 686. The normalized spacial score (nSPS) is 10.8. The second-order valence-corrected chi connectivity index (χ2v) is 6.75. The van der Waals surface area contributed by atoms with Crippen LogP contribution in [0.2, 0.25) is 0 Å². The Hall–Kier alpha value is -1.01. The molecular formula is C14H11BrN2S2. The first-order valence-electron chi connectivity index (χ1n) is 5.75. The highest BCUT2D eigenvalue weighted by atomic mass is 79.9. The van der Waals surface area contributed by atoms with Gasteiger partial charge in [-0.2, -0.15) is 0 Å². The molecule has 3 rings (SSSR count). The number of thiophene rings is 1. The van der Waals surface area contributed by atoms with E-state index in [4.69, 9.17) is 10.7 Å². The topological polar surface area (TPSA) is 38.9 Å². The summed E-state index contributed by atoms with van der Waals surface area (Å²) < 4.78 is 1.11. The fourth-order valence-corrected chi connectivity index (χ4v) is 4.09. The van der Waals surface area contributed by atoms with Crippen LogP contribution in [0.15, 0.2) is 45.6 Å². The number of hydrogen-bond acceptors (Lipinski definition) is 4. The van der Waals surface area contributed by atoms with Crippen molar-refractivity contribution in [2.75, 3.05) is 0 Å². The molecule has 2 nitrogen and oxygen atoms in total. The van der Waals surface area contributed by atoms with Crippen LogP contribution in [0.25, 0.3) is 21.1 Å². The van der Waals surface area contributed by atoms with Crippen LogP contribution in [-0.2, 0) is 6.54 Å². The monoisotopic (exact) mass is 350 g/mol. The number of benzene rings is 1. The minimum atomic E-state index is 0.575. The summed E-state index contributed by atoms with van der Waals surface area (Å²) in [5.41, 5.74) is 8.90. The molecule has 3 aromatic rings. The molecule has 0 aliphatic heterocycles. The van der Waals surface area contributed by atoms with E-state index in [2.05, 4.69) is 57.0 Å². The first-order chi connectivity index (χ1) is 9.26. The number of hydrogen-bond donors (Lipinski definition) is 1. The molecule has 0 bridgehead atoms. The lowest BCUT2D eigenvalue weighted by molar-refractivity contribution is 1.07. The Morgan fingerprint density at radius 1 is 1.11 bits per heavy atom. The van der Waals surface area contributed by atoms with Crippen molar-refractivity contribution in [1.82, 2.24) is 4.98 Å². The zero-order valence-corrected chi connectivity index (χ0v) is 13.2. The van der Waals surface area contributed by atoms with Crippen molar-refractivity contribution in [2.24, 2.45) is 5.73 Å². The molecule has 5 heteroatoms. The van der Waals surface area contributed by atoms with E-state index in [1.165, 1.54) is 4.88 Å². The van der Waals surface area contributed by atoms with Crippen molar-refractivity contribution >= 4 is 38.6 Å². The van der Waals surface area contributed by atoms with E-state index in [1.807, 2.05) is 0 Å². The molecule has 2 aromatic heterocycles. The number of nitrogens with two attached hydrogens (primary N) is 1. The van der Waals surface area contributed by atoms with Crippen LogP contribution in [-0.4, -0.2) is 4.98 Å². The third-order valence-electron chi connectivity index (χ3n) is 2.77. The quantitative estimate of drug-likeness (QED) is 0.739. The second kappa shape index (κ2) is 5.54. The number of halogens is 1. The Kier molecular flexibility index (Phi) is 3.79. The van der Waals surface area contributed by atoms with Crippen molar-refractivity contribution in [2.45, 2.75) is 6.54 Å². The van der Waals surface area contributed by atoms with E-state index >= 15 is 0 Å². The maximum absolute atomic E-state index is 5.60. The maximum Gasteiger partial charge on any atom is 0.134 e. The Labute approximate surface area is 128 Å². The molecule has 19 heavy (non-hydrogen) atoms. The molecule has 0 spiro atoms. The van der Waals surface area contributed by atoms with Crippen LogP contribution in [0.5, 0.6) is 0 Å². The summed E-state index contributed by atoms with van der Waals surface area (Å²) >= 11 is 6.85. The largest absolute Gasteiger partial charge is 0.326 e. The average molecular weight is 351 g/mol. The van der Waals surface area contributed by atoms with Crippen molar-refractivity contribution in [1.29, 1.82) is 0 Å². The number of aromatic nitrogens is 1. The van der Waals surface area contributed by atoms with E-state index in [1.54, 1.807) is 22.7 Å². The molecule has 0 amide bonds. The van der Waals surface area contributed by atoms with Gasteiger partial charge in [-0.1, -0.05) is 24.3 Å². The fraction of sp³-hybridized carbons (Fsp3) is 0.0714. The standard InChI is InChI=1S/C14H11BrN2S2/c15-11-5-13(18-7-11)14-17-12(8-19-14)10-3-1-9(6-16)2-4-10/h1-5,7-8H,6,16H2. The lowest BCUT2D eigenvalue weighted by Crippen LogP contribution is -1.95. The van der Waals surface area contributed by atoms with Gasteiger partial charge in [0.2, 0.25) is 0 Å². The van der Waals surface area contributed by atoms with E-state index in [-0.39, 0.29) is 0 Å². The third kappa shape index (κ3) is 2.79. The molecule has 0 saturated heterocycles. The first kappa shape index (κ1) is 13.0. The minimum Gasteiger partial charge on any atom is -0.326 e. The zero-order valence-electron chi connectivity index (χ0n) is 9.97. The maximum atomic E-state index is 5.60. The summed E-state index contributed by atoms with van der Waals surface area (Å²) in [6, 6.07) is 10.4. The van der Waals surface area contributed by atoms with Crippen LogP contribution in [0.1, 0.15) is 5.56 Å². The molecule has 0 saturated carbocycles. The SMILES string of the molecule is NCc1ccc(-c2csc(-c3cc(Br)cs3)n2)cc1. The number of nitrogens with zero attached hydrogens (tertiary/aromatic N) is 1. The van der Waals surface area contributed by atoms with Crippen molar-refractivity contribution in [3.05, 3.63) is 51.1 Å². The molecular weight excluding hydrogens is 340 g/mol. The van der Waals surface area contributed by atoms with E-state index < -0.39 is 0 Å². The van der Waals surface area contributed by atoms with Gasteiger partial charge in [-0.15, -0.1) is 22.7 Å². The highest BCUT2D eigenvalue weighted by Crippen LogP contribution is 2.34. The Morgan fingerprint density at radius 2 is 1.89 bits per heavy atom. The van der Waals surface area contributed by atoms with Gasteiger partial charge >= 0.3 is 0 Å². The second-order valence-electron chi connectivity index (χ2n) is 4.07. The molecule has 0 unspecified atom stereocenters. The average Bonchev–Trinajstić information content (AvgIpc) is 3.07. The van der Waals surface area contributed by atoms with Crippen LogP contribution >= 0.6 is 38.6 Å². The number of thiazole rings is 1.